The largest absolute Gasteiger partial charge is 0.320 e. The molecular weight excluding hydrogens is 239 g/mol. The van der Waals surface area contributed by atoms with Gasteiger partial charge in [0.05, 0.1) is 6.54 Å². The van der Waals surface area contributed by atoms with E-state index in [4.69, 9.17) is 5.73 Å². The zero-order valence-electron chi connectivity index (χ0n) is 11.7. The monoisotopic (exact) mass is 260 g/mol. The summed E-state index contributed by atoms with van der Waals surface area (Å²) >= 11 is 0. The van der Waals surface area contributed by atoms with Crippen LogP contribution in [0, 0.1) is 23.1 Å². The summed E-state index contributed by atoms with van der Waals surface area (Å²) in [5, 5.41) is 0. The second-order valence-electron chi connectivity index (χ2n) is 5.98. The lowest BCUT2D eigenvalue weighted by Gasteiger charge is -2.19. The van der Waals surface area contributed by atoms with Gasteiger partial charge >= 0.3 is 0 Å². The van der Waals surface area contributed by atoms with E-state index in [1.165, 1.54) is 12.5 Å². The number of halogens is 1. The first-order valence-electron chi connectivity index (χ1n) is 6.69. The Kier molecular flexibility index (Phi) is 4.24. The Bertz CT molecular complexity index is 511. The van der Waals surface area contributed by atoms with E-state index in [1.54, 1.807) is 6.07 Å². The van der Waals surface area contributed by atoms with Crippen LogP contribution in [-0.4, -0.2) is 24.5 Å². The van der Waals surface area contributed by atoms with Gasteiger partial charge in [-0.25, -0.2) is 4.39 Å². The van der Waals surface area contributed by atoms with Gasteiger partial charge in [0.1, 0.15) is 5.82 Å². The maximum Gasteiger partial charge on any atom is 0.124 e. The lowest BCUT2D eigenvalue weighted by atomic mass is 9.93. The van der Waals surface area contributed by atoms with Gasteiger partial charge in [0, 0.05) is 18.7 Å². The van der Waals surface area contributed by atoms with Crippen molar-refractivity contribution in [2.75, 3.05) is 19.6 Å². The van der Waals surface area contributed by atoms with Crippen LogP contribution < -0.4 is 5.73 Å². The van der Waals surface area contributed by atoms with E-state index in [9.17, 15) is 4.39 Å². The van der Waals surface area contributed by atoms with E-state index in [2.05, 4.69) is 30.6 Å². The van der Waals surface area contributed by atoms with Gasteiger partial charge < -0.3 is 5.73 Å². The molecule has 0 spiro atoms. The molecule has 1 aromatic rings. The third-order valence-electron chi connectivity index (χ3n) is 3.45. The molecule has 1 aliphatic heterocycles. The smallest absolute Gasteiger partial charge is 0.124 e. The highest BCUT2D eigenvalue weighted by molar-refractivity contribution is 5.38. The molecule has 0 aliphatic carbocycles. The highest BCUT2D eigenvalue weighted by atomic mass is 19.1. The summed E-state index contributed by atoms with van der Waals surface area (Å²) in [6.45, 7) is 7.78. The lowest BCUT2D eigenvalue weighted by Crippen LogP contribution is -2.22. The fourth-order valence-corrected chi connectivity index (χ4v) is 2.58. The van der Waals surface area contributed by atoms with Crippen molar-refractivity contribution in [1.82, 2.24) is 4.90 Å². The van der Waals surface area contributed by atoms with Gasteiger partial charge in [0.15, 0.2) is 0 Å². The second kappa shape index (κ2) is 5.73. The van der Waals surface area contributed by atoms with E-state index < -0.39 is 0 Å². The number of nitrogens with two attached hydrogens (primary N) is 1. The van der Waals surface area contributed by atoms with E-state index in [-0.39, 0.29) is 5.82 Å². The van der Waals surface area contributed by atoms with Crippen LogP contribution >= 0.6 is 0 Å². The van der Waals surface area contributed by atoms with Crippen LogP contribution in [0.4, 0.5) is 4.39 Å². The number of benzene rings is 1. The molecule has 0 bridgehead atoms. The predicted molar refractivity (Wildman–Crippen MR) is 76.0 cm³/mol. The van der Waals surface area contributed by atoms with Crippen molar-refractivity contribution in [3.63, 3.8) is 0 Å². The first-order valence-corrected chi connectivity index (χ1v) is 6.69. The minimum Gasteiger partial charge on any atom is -0.320 e. The lowest BCUT2D eigenvalue weighted by molar-refractivity contribution is 0.284. The fraction of sp³-hybridized carbons (Fsp3) is 0.500. The molecule has 0 radical (unpaired) electrons. The molecule has 19 heavy (non-hydrogen) atoms. The molecule has 2 N–H and O–H groups in total. The quantitative estimate of drug-likeness (QED) is 0.827. The van der Waals surface area contributed by atoms with Gasteiger partial charge in [-0.3, -0.25) is 4.90 Å². The number of hydrogen-bond donors (Lipinski definition) is 1. The average Bonchev–Trinajstić information content (AvgIpc) is 2.65. The minimum atomic E-state index is -0.225. The first kappa shape index (κ1) is 14.0. The molecule has 0 atom stereocenters. The Morgan fingerprint density at radius 1 is 1.37 bits per heavy atom. The van der Waals surface area contributed by atoms with Crippen LogP contribution in [0.5, 0.6) is 0 Å². The maximum absolute atomic E-state index is 13.6. The fourth-order valence-electron chi connectivity index (χ4n) is 2.58. The standard InChI is InChI=1S/C16H21FN2/c1-16(2)5-7-19(12-16)11-14-8-13(4-3-6-18)9-15(17)10-14/h8-10H,5-7,11-12,18H2,1-2H3. The molecule has 0 aromatic heterocycles. The van der Waals surface area contributed by atoms with Crippen molar-refractivity contribution < 1.29 is 4.39 Å². The molecule has 1 heterocycles. The van der Waals surface area contributed by atoms with Gasteiger partial charge in [-0.15, -0.1) is 0 Å². The third-order valence-corrected chi connectivity index (χ3v) is 3.45. The van der Waals surface area contributed by atoms with E-state index in [0.717, 1.165) is 25.2 Å². The van der Waals surface area contributed by atoms with Crippen LogP contribution in [0.1, 0.15) is 31.4 Å². The van der Waals surface area contributed by atoms with Crippen LogP contribution in [0.3, 0.4) is 0 Å². The molecule has 1 fully saturated rings. The van der Waals surface area contributed by atoms with Crippen LogP contribution in [-0.2, 0) is 6.54 Å². The third kappa shape index (κ3) is 4.05. The maximum atomic E-state index is 13.6. The summed E-state index contributed by atoms with van der Waals surface area (Å²) in [6, 6.07) is 5.01. The topological polar surface area (TPSA) is 29.3 Å². The summed E-state index contributed by atoms with van der Waals surface area (Å²) in [5.41, 5.74) is 7.40. The Balaban J connectivity index is 2.10. The Labute approximate surface area is 114 Å². The molecule has 102 valence electrons. The Morgan fingerprint density at radius 3 is 2.79 bits per heavy atom. The average molecular weight is 260 g/mol. The molecule has 2 nitrogen and oxygen atoms in total. The van der Waals surface area contributed by atoms with Gasteiger partial charge in [0.25, 0.3) is 0 Å². The second-order valence-corrected chi connectivity index (χ2v) is 5.98. The number of rotatable bonds is 2. The molecule has 2 rings (SSSR count). The molecular formula is C16H21FN2. The van der Waals surface area contributed by atoms with Crippen LogP contribution in [0.15, 0.2) is 18.2 Å². The van der Waals surface area contributed by atoms with E-state index in [0.29, 0.717) is 17.5 Å². The van der Waals surface area contributed by atoms with Gasteiger partial charge in [0.2, 0.25) is 0 Å². The molecule has 1 saturated heterocycles. The summed E-state index contributed by atoms with van der Waals surface area (Å²) in [6.07, 6.45) is 1.20. The van der Waals surface area contributed by atoms with Crippen molar-refractivity contribution in [3.8, 4) is 11.8 Å². The van der Waals surface area contributed by atoms with Crippen molar-refractivity contribution in [2.45, 2.75) is 26.8 Å². The Hall–Kier alpha value is -1.37. The number of likely N-dealkylation sites (tertiary alicyclic amines) is 1. The van der Waals surface area contributed by atoms with Crippen molar-refractivity contribution in [2.24, 2.45) is 11.1 Å². The summed E-state index contributed by atoms with van der Waals surface area (Å²) in [7, 11) is 0. The molecule has 0 saturated carbocycles. The van der Waals surface area contributed by atoms with Crippen molar-refractivity contribution >= 4 is 0 Å². The zero-order chi connectivity index (χ0) is 13.9. The van der Waals surface area contributed by atoms with Crippen molar-refractivity contribution in [1.29, 1.82) is 0 Å². The predicted octanol–water partition coefficient (Wildman–Crippen LogP) is 2.37. The molecule has 1 aromatic carbocycles. The number of nitrogens with zero attached hydrogens (tertiary/aromatic N) is 1. The number of hydrogen-bond acceptors (Lipinski definition) is 2. The molecule has 0 amide bonds. The van der Waals surface area contributed by atoms with Gasteiger partial charge in [-0.1, -0.05) is 25.7 Å². The molecule has 1 aliphatic rings. The van der Waals surface area contributed by atoms with Gasteiger partial charge in [-0.05, 0) is 42.1 Å². The molecule has 0 unspecified atom stereocenters. The van der Waals surface area contributed by atoms with Crippen LogP contribution in [0.25, 0.3) is 0 Å². The zero-order valence-corrected chi connectivity index (χ0v) is 11.7. The van der Waals surface area contributed by atoms with E-state index in [1.807, 2.05) is 6.07 Å². The summed E-state index contributed by atoms with van der Waals surface area (Å²) in [4.78, 5) is 2.37. The molecule has 3 heteroatoms. The highest BCUT2D eigenvalue weighted by Gasteiger charge is 2.28. The normalized spacial score (nSPS) is 18.1. The SMILES string of the molecule is CC1(C)CCN(Cc2cc(F)cc(C#CCN)c2)C1. The minimum absolute atomic E-state index is 0.225. The highest BCUT2D eigenvalue weighted by Crippen LogP contribution is 2.29. The van der Waals surface area contributed by atoms with Crippen LogP contribution in [0.2, 0.25) is 0 Å². The van der Waals surface area contributed by atoms with E-state index >= 15 is 0 Å². The van der Waals surface area contributed by atoms with Crippen molar-refractivity contribution in [3.05, 3.63) is 35.1 Å². The summed E-state index contributed by atoms with van der Waals surface area (Å²) in [5.74, 6) is 5.43. The summed E-state index contributed by atoms with van der Waals surface area (Å²) < 4.78 is 13.6. The van der Waals surface area contributed by atoms with Gasteiger partial charge in [-0.2, -0.15) is 0 Å². The first-order chi connectivity index (χ1) is 8.98. The Morgan fingerprint density at radius 2 is 2.16 bits per heavy atom.